The van der Waals surface area contributed by atoms with Crippen LogP contribution < -0.4 is 4.74 Å². The molecule has 0 aliphatic carbocycles. The van der Waals surface area contributed by atoms with Crippen LogP contribution in [0.5, 0.6) is 5.75 Å². The van der Waals surface area contributed by atoms with E-state index in [0.29, 0.717) is 0 Å². The zero-order chi connectivity index (χ0) is 15.3. The molecule has 0 aromatic heterocycles. The van der Waals surface area contributed by atoms with E-state index in [9.17, 15) is 14.9 Å². The Bertz CT molecular complexity index is 510. The molecule has 0 aliphatic heterocycles. The molecule has 0 heterocycles. The number of nitrogens with zero attached hydrogens (tertiary/aromatic N) is 1. The van der Waals surface area contributed by atoms with E-state index in [-0.39, 0.29) is 30.1 Å². The van der Waals surface area contributed by atoms with Crippen molar-refractivity contribution in [3.05, 3.63) is 33.9 Å². The number of hydrogen-bond acceptors (Lipinski definition) is 5. The molecule has 7 heteroatoms. The van der Waals surface area contributed by atoms with Crippen LogP contribution in [0, 0.1) is 10.1 Å². The van der Waals surface area contributed by atoms with Crippen LogP contribution in [0.2, 0.25) is 0 Å². The maximum Gasteiger partial charge on any atom is 0.403 e. The third-order valence-corrected chi connectivity index (χ3v) is 2.69. The zero-order valence-corrected chi connectivity index (χ0v) is 12.3. The largest absolute Gasteiger partial charge is 0.483 e. The summed E-state index contributed by atoms with van der Waals surface area (Å²) in [5, 5.41) is 11.1. The average Bonchev–Trinajstić information content (AvgIpc) is 2.33. The van der Waals surface area contributed by atoms with E-state index >= 15 is 0 Å². The van der Waals surface area contributed by atoms with Crippen molar-refractivity contribution in [1.82, 2.24) is 0 Å². The van der Waals surface area contributed by atoms with E-state index in [2.05, 4.69) is 4.74 Å². The van der Waals surface area contributed by atoms with Crippen molar-refractivity contribution in [2.24, 2.45) is 0 Å². The van der Waals surface area contributed by atoms with Gasteiger partial charge in [0.1, 0.15) is 13.2 Å². The summed E-state index contributed by atoms with van der Waals surface area (Å²) < 4.78 is 9.71. The van der Waals surface area contributed by atoms with Gasteiger partial charge in [-0.05, 0) is 17.0 Å². The molecule has 0 saturated heterocycles. The third kappa shape index (κ3) is 4.70. The van der Waals surface area contributed by atoms with E-state index in [1.807, 2.05) is 20.8 Å². The third-order valence-electron chi connectivity index (χ3n) is 2.58. The molecular formula is C13H16ClNO5. The minimum absolute atomic E-state index is 0.00579. The maximum absolute atomic E-state index is 11.1. The summed E-state index contributed by atoms with van der Waals surface area (Å²) in [5.74, 6) is 0.133. The van der Waals surface area contributed by atoms with Gasteiger partial charge in [-0.15, -0.1) is 0 Å². The minimum Gasteiger partial charge on any atom is -0.483 e. The molecule has 0 atom stereocenters. The topological polar surface area (TPSA) is 78.7 Å². The second kappa shape index (κ2) is 6.56. The van der Waals surface area contributed by atoms with Crippen LogP contribution in [0.3, 0.4) is 0 Å². The number of nitro benzene ring substituents is 1. The number of halogens is 1. The fourth-order valence-corrected chi connectivity index (χ4v) is 1.60. The minimum atomic E-state index is -0.939. The number of benzene rings is 1. The second-order valence-electron chi connectivity index (χ2n) is 5.12. The molecule has 110 valence electrons. The Balaban J connectivity index is 2.86. The Kier molecular flexibility index (Phi) is 5.33. The van der Waals surface area contributed by atoms with Gasteiger partial charge in [-0.1, -0.05) is 26.8 Å². The summed E-state index contributed by atoms with van der Waals surface area (Å²) in [4.78, 5) is 20.9. The molecule has 6 nitrogen and oxygen atoms in total. The first kappa shape index (κ1) is 16.2. The smallest absolute Gasteiger partial charge is 0.403 e. The lowest BCUT2D eigenvalue weighted by atomic mass is 9.87. The molecule has 20 heavy (non-hydrogen) atoms. The van der Waals surface area contributed by atoms with Crippen LogP contribution in [0.1, 0.15) is 26.3 Å². The van der Waals surface area contributed by atoms with Gasteiger partial charge in [-0.3, -0.25) is 10.1 Å². The van der Waals surface area contributed by atoms with Crippen molar-refractivity contribution in [3.8, 4) is 5.75 Å². The first-order valence-electron chi connectivity index (χ1n) is 5.96. The van der Waals surface area contributed by atoms with Gasteiger partial charge in [0.05, 0.1) is 4.92 Å². The first-order chi connectivity index (χ1) is 9.21. The van der Waals surface area contributed by atoms with Crippen molar-refractivity contribution < 1.29 is 19.2 Å². The molecule has 0 radical (unpaired) electrons. The van der Waals surface area contributed by atoms with Gasteiger partial charge in [0.2, 0.25) is 0 Å². The van der Waals surface area contributed by atoms with Gasteiger partial charge >= 0.3 is 11.1 Å². The number of ether oxygens (including phenoxy) is 2. The molecule has 1 rings (SSSR count). The Morgan fingerprint density at radius 1 is 1.35 bits per heavy atom. The van der Waals surface area contributed by atoms with Crippen LogP contribution in [-0.4, -0.2) is 23.6 Å². The highest BCUT2D eigenvalue weighted by molar-refractivity contribution is 6.61. The van der Waals surface area contributed by atoms with Gasteiger partial charge in [-0.25, -0.2) is 4.79 Å². The SMILES string of the molecule is CC(C)(C)c1ccc(OCCOC(=O)Cl)c([N+](=O)[O-])c1. The normalized spacial score (nSPS) is 11.0. The summed E-state index contributed by atoms with van der Waals surface area (Å²) in [6, 6.07) is 4.81. The van der Waals surface area contributed by atoms with E-state index < -0.39 is 10.4 Å². The van der Waals surface area contributed by atoms with Gasteiger partial charge in [-0.2, -0.15) is 0 Å². The summed E-state index contributed by atoms with van der Waals surface area (Å²) in [5.41, 5.74) is -0.415. The van der Waals surface area contributed by atoms with Crippen molar-refractivity contribution in [2.45, 2.75) is 26.2 Å². The van der Waals surface area contributed by atoms with Crippen molar-refractivity contribution in [1.29, 1.82) is 0 Å². The number of carbonyl (C=O) groups excluding carboxylic acids is 1. The lowest BCUT2D eigenvalue weighted by Gasteiger charge is -2.19. The number of hydrogen-bond donors (Lipinski definition) is 0. The number of rotatable bonds is 5. The molecule has 1 aromatic rings. The lowest BCUT2D eigenvalue weighted by Crippen LogP contribution is -2.12. The van der Waals surface area contributed by atoms with Crippen LogP contribution in [0.4, 0.5) is 10.5 Å². The van der Waals surface area contributed by atoms with E-state index in [1.54, 1.807) is 12.1 Å². The average molecular weight is 302 g/mol. The van der Waals surface area contributed by atoms with Gasteiger partial charge in [0.15, 0.2) is 5.75 Å². The van der Waals surface area contributed by atoms with Crippen molar-refractivity contribution in [3.63, 3.8) is 0 Å². The summed E-state index contributed by atoms with van der Waals surface area (Å²) >= 11 is 4.99. The molecule has 0 aliphatic rings. The zero-order valence-electron chi connectivity index (χ0n) is 11.5. The molecule has 0 fully saturated rings. The van der Waals surface area contributed by atoms with Crippen LogP contribution >= 0.6 is 11.6 Å². The number of carbonyl (C=O) groups is 1. The van der Waals surface area contributed by atoms with Crippen LogP contribution in [0.25, 0.3) is 0 Å². The standard InChI is InChI=1S/C13H16ClNO5/c1-13(2,3)9-4-5-11(10(8-9)15(17)18)19-6-7-20-12(14)16/h4-5,8H,6-7H2,1-3H3. The molecule has 0 bridgehead atoms. The lowest BCUT2D eigenvalue weighted by molar-refractivity contribution is -0.386. The van der Waals surface area contributed by atoms with E-state index in [0.717, 1.165) is 5.56 Å². The molecule has 0 unspecified atom stereocenters. The molecule has 0 amide bonds. The summed E-state index contributed by atoms with van der Waals surface area (Å²) in [6.07, 6.45) is 0. The Morgan fingerprint density at radius 3 is 2.50 bits per heavy atom. The Morgan fingerprint density at radius 2 is 2.00 bits per heavy atom. The quantitative estimate of drug-likeness (QED) is 0.359. The Labute approximate surface area is 121 Å². The molecule has 0 N–H and O–H groups in total. The van der Waals surface area contributed by atoms with Crippen molar-refractivity contribution >= 4 is 22.7 Å². The fourth-order valence-electron chi connectivity index (χ4n) is 1.52. The number of nitro groups is 1. The van der Waals surface area contributed by atoms with Gasteiger partial charge < -0.3 is 9.47 Å². The molecule has 1 aromatic carbocycles. The van der Waals surface area contributed by atoms with Gasteiger partial charge in [0.25, 0.3) is 0 Å². The van der Waals surface area contributed by atoms with E-state index in [4.69, 9.17) is 16.3 Å². The maximum atomic E-state index is 11.1. The molecular weight excluding hydrogens is 286 g/mol. The van der Waals surface area contributed by atoms with E-state index in [1.165, 1.54) is 6.07 Å². The predicted molar refractivity (Wildman–Crippen MR) is 74.5 cm³/mol. The monoisotopic (exact) mass is 301 g/mol. The Hall–Kier alpha value is -1.82. The van der Waals surface area contributed by atoms with Crippen LogP contribution in [0.15, 0.2) is 18.2 Å². The van der Waals surface area contributed by atoms with Crippen LogP contribution in [-0.2, 0) is 10.2 Å². The fraction of sp³-hybridized carbons (Fsp3) is 0.462. The molecule has 0 saturated carbocycles. The van der Waals surface area contributed by atoms with Gasteiger partial charge in [0, 0.05) is 17.7 Å². The highest BCUT2D eigenvalue weighted by Gasteiger charge is 2.21. The summed E-state index contributed by atoms with van der Waals surface area (Å²) in [7, 11) is 0. The highest BCUT2D eigenvalue weighted by atomic mass is 35.5. The molecule has 0 spiro atoms. The highest BCUT2D eigenvalue weighted by Crippen LogP contribution is 2.32. The summed E-state index contributed by atoms with van der Waals surface area (Å²) in [6.45, 7) is 5.82. The van der Waals surface area contributed by atoms with Crippen molar-refractivity contribution in [2.75, 3.05) is 13.2 Å². The first-order valence-corrected chi connectivity index (χ1v) is 6.33. The second-order valence-corrected chi connectivity index (χ2v) is 5.43. The predicted octanol–water partition coefficient (Wildman–Crippen LogP) is 3.65.